The Hall–Kier alpha value is -15.0. The van der Waals surface area contributed by atoms with Crippen molar-refractivity contribution in [2.24, 2.45) is 0 Å². The first-order chi connectivity index (χ1) is 55.5. The lowest BCUT2D eigenvalue weighted by Crippen LogP contribution is -1.96. The van der Waals surface area contributed by atoms with Gasteiger partial charge in [0.05, 0.1) is 28.3 Å². The zero-order valence-electron chi connectivity index (χ0n) is 60.9. The van der Waals surface area contributed by atoms with Gasteiger partial charge in [-0.1, -0.05) is 352 Å². The second kappa shape index (κ2) is 29.0. The van der Waals surface area contributed by atoms with Crippen molar-refractivity contribution >= 4 is 75.5 Å². The van der Waals surface area contributed by atoms with E-state index in [9.17, 15) is 0 Å². The summed E-state index contributed by atoms with van der Waals surface area (Å²) in [5.74, 6) is 1.37. The average molecular weight is 1430 g/mol. The van der Waals surface area contributed by atoms with Crippen LogP contribution in [-0.4, -0.2) is 29.9 Å². The predicted octanol–water partition coefficient (Wildman–Crippen LogP) is 27.8. The van der Waals surface area contributed by atoms with Crippen LogP contribution in [0.4, 0.5) is 0 Å². The van der Waals surface area contributed by atoms with E-state index in [1.165, 1.54) is 87.1 Å². The molecule has 17 aromatic carbocycles. The van der Waals surface area contributed by atoms with Gasteiger partial charge in [-0.05, 0) is 157 Å². The third-order valence-corrected chi connectivity index (χ3v) is 21.7. The molecule has 0 atom stereocenters. The molecule has 0 radical (unpaired) electrons. The first kappa shape index (κ1) is 66.5. The number of rotatable bonds is 12. The molecule has 112 heavy (non-hydrogen) atoms. The fourth-order valence-corrected chi connectivity index (χ4v) is 16.0. The lowest BCUT2D eigenvalue weighted by Gasteiger charge is -2.13. The van der Waals surface area contributed by atoms with Crippen molar-refractivity contribution < 1.29 is 0 Å². The summed E-state index contributed by atoms with van der Waals surface area (Å²) in [4.78, 5) is 30.2. The van der Waals surface area contributed by atoms with Crippen molar-refractivity contribution in [2.45, 2.75) is 0 Å². The van der Waals surface area contributed by atoms with Crippen molar-refractivity contribution in [3.05, 3.63) is 413 Å². The van der Waals surface area contributed by atoms with E-state index in [0.717, 1.165) is 111 Å². The molecule has 0 saturated carbocycles. The van der Waals surface area contributed by atoms with Gasteiger partial charge < -0.3 is 0 Å². The SMILES string of the molecule is c1cc(-c2cc(-c3ccc(-c4cncc5ccccc45)cc3)nc(-c3cccc(-c4cccc5ccccc45)c3)n2)cc(-c2cccc3ccccc23)c1.c1ccc2ncc(-c3ccc(-c4cc(-c5ccc(-c6cccc7ccccc67)cc5)nc(-c5ccc(-c6cc7ccccc7c7ccccc67)cc5)n4)cc3)cc2c1. The van der Waals surface area contributed by atoms with Crippen molar-refractivity contribution in [2.75, 3.05) is 0 Å². The molecule has 4 aromatic heterocycles. The number of hydrogen-bond donors (Lipinski definition) is 0. The van der Waals surface area contributed by atoms with E-state index in [1.807, 2.05) is 30.7 Å². The minimum atomic E-state index is 0.683. The maximum atomic E-state index is 5.27. The normalized spacial score (nSPS) is 11.4. The van der Waals surface area contributed by atoms with Crippen molar-refractivity contribution in [1.82, 2.24) is 29.9 Å². The van der Waals surface area contributed by atoms with Crippen LogP contribution >= 0.6 is 0 Å². The molecule has 4 heterocycles. The first-order valence-electron chi connectivity index (χ1n) is 37.9. The first-order valence-corrected chi connectivity index (χ1v) is 37.9. The van der Waals surface area contributed by atoms with Crippen LogP contribution in [0.5, 0.6) is 0 Å². The van der Waals surface area contributed by atoms with Gasteiger partial charge in [0.1, 0.15) is 0 Å². The summed E-state index contributed by atoms with van der Waals surface area (Å²) in [7, 11) is 0. The third-order valence-electron chi connectivity index (χ3n) is 21.7. The summed E-state index contributed by atoms with van der Waals surface area (Å²) < 4.78 is 0. The molecular formula is C106H68N6. The zero-order chi connectivity index (χ0) is 74.3. The minimum absolute atomic E-state index is 0.683. The Morgan fingerprint density at radius 1 is 0.152 bits per heavy atom. The average Bonchev–Trinajstić information content (AvgIpc) is 0.766. The lowest BCUT2D eigenvalue weighted by molar-refractivity contribution is 1.18. The topological polar surface area (TPSA) is 77.3 Å². The zero-order valence-corrected chi connectivity index (χ0v) is 60.9. The van der Waals surface area contributed by atoms with E-state index >= 15 is 0 Å². The predicted molar refractivity (Wildman–Crippen MR) is 467 cm³/mol. The molecule has 0 amide bonds. The number of pyridine rings is 2. The Labute approximate surface area is 648 Å². The third kappa shape index (κ3) is 12.9. The van der Waals surface area contributed by atoms with Crippen LogP contribution in [-0.2, 0) is 0 Å². The monoisotopic (exact) mass is 1420 g/mol. The number of fused-ring (bicyclic) bond motifs is 8. The molecule has 0 fully saturated rings. The summed E-state index contributed by atoms with van der Waals surface area (Å²) >= 11 is 0. The molecule has 0 aliphatic rings. The summed E-state index contributed by atoms with van der Waals surface area (Å²) in [6.45, 7) is 0. The largest absolute Gasteiger partial charge is 0.263 e. The summed E-state index contributed by atoms with van der Waals surface area (Å²) in [6, 6.07) is 140. The fraction of sp³-hybridized carbons (Fsp3) is 0. The Balaban J connectivity index is 0.000000146. The molecule has 0 bridgehead atoms. The van der Waals surface area contributed by atoms with Crippen LogP contribution in [0.2, 0.25) is 0 Å². The van der Waals surface area contributed by atoms with Gasteiger partial charge >= 0.3 is 0 Å². The minimum Gasteiger partial charge on any atom is -0.263 e. The van der Waals surface area contributed by atoms with Gasteiger partial charge in [0, 0.05) is 73.9 Å². The van der Waals surface area contributed by atoms with E-state index < -0.39 is 0 Å². The number of hydrogen-bond acceptors (Lipinski definition) is 6. The molecular weight excluding hydrogens is 1360 g/mol. The Bertz CT molecular complexity index is 7010. The van der Waals surface area contributed by atoms with Gasteiger partial charge in [-0.3, -0.25) is 9.97 Å². The number of benzene rings is 17. The van der Waals surface area contributed by atoms with Crippen LogP contribution < -0.4 is 0 Å². The molecule has 0 unspecified atom stereocenters. The summed E-state index contributed by atoms with van der Waals surface area (Å²) in [5, 5.41) is 15.8. The van der Waals surface area contributed by atoms with Gasteiger partial charge in [0.15, 0.2) is 11.6 Å². The molecule has 0 spiro atoms. The molecule has 0 N–H and O–H groups in total. The van der Waals surface area contributed by atoms with Gasteiger partial charge in [0.25, 0.3) is 0 Å². The highest BCUT2D eigenvalue weighted by molar-refractivity contribution is 6.14. The Morgan fingerprint density at radius 3 is 1.06 bits per heavy atom. The van der Waals surface area contributed by atoms with Crippen LogP contribution in [0.15, 0.2) is 413 Å². The second-order valence-corrected chi connectivity index (χ2v) is 28.5. The second-order valence-electron chi connectivity index (χ2n) is 28.5. The quantitative estimate of drug-likeness (QED) is 0.113. The highest BCUT2D eigenvalue weighted by atomic mass is 14.9. The highest BCUT2D eigenvalue weighted by Crippen LogP contribution is 2.41. The number of aromatic nitrogens is 6. The van der Waals surface area contributed by atoms with Crippen LogP contribution in [0.3, 0.4) is 0 Å². The molecule has 21 aromatic rings. The van der Waals surface area contributed by atoms with Crippen LogP contribution in [0.25, 0.3) is 210 Å². The number of nitrogens with zero attached hydrogens (tertiary/aromatic N) is 6. The van der Waals surface area contributed by atoms with E-state index in [-0.39, 0.29) is 0 Å². The highest BCUT2D eigenvalue weighted by Gasteiger charge is 2.19. The summed E-state index contributed by atoms with van der Waals surface area (Å²) in [5.41, 5.74) is 24.3. The molecule has 21 rings (SSSR count). The van der Waals surface area contributed by atoms with Gasteiger partial charge in [-0.15, -0.1) is 0 Å². The molecule has 6 nitrogen and oxygen atoms in total. The van der Waals surface area contributed by atoms with Crippen molar-refractivity contribution in [3.8, 4) is 135 Å². The Kier molecular flexibility index (Phi) is 17.2. The molecule has 0 aliphatic carbocycles. The summed E-state index contributed by atoms with van der Waals surface area (Å²) in [6.07, 6.45) is 5.82. The maximum absolute atomic E-state index is 5.27. The molecule has 6 heteroatoms. The van der Waals surface area contributed by atoms with Crippen LogP contribution in [0, 0.1) is 0 Å². The van der Waals surface area contributed by atoms with Gasteiger partial charge in [-0.2, -0.15) is 0 Å². The van der Waals surface area contributed by atoms with Gasteiger partial charge in [0.2, 0.25) is 0 Å². The maximum Gasteiger partial charge on any atom is 0.160 e. The molecule has 522 valence electrons. The van der Waals surface area contributed by atoms with Gasteiger partial charge in [-0.25, -0.2) is 19.9 Å². The molecule has 0 saturated heterocycles. The van der Waals surface area contributed by atoms with Crippen molar-refractivity contribution in [1.29, 1.82) is 0 Å². The van der Waals surface area contributed by atoms with E-state index in [1.54, 1.807) is 0 Å². The van der Waals surface area contributed by atoms with Crippen LogP contribution in [0.1, 0.15) is 0 Å². The van der Waals surface area contributed by atoms with E-state index in [0.29, 0.717) is 11.6 Å². The number of para-hydroxylation sites is 1. The van der Waals surface area contributed by atoms with Crippen molar-refractivity contribution in [3.63, 3.8) is 0 Å². The molecule has 0 aliphatic heterocycles. The standard InChI is InChI=1S/C55H35N3.C51H33N3/c1-4-14-46-37(10-1)13-9-18-47(46)38-22-28-41(29-23-38)54-34-53(40-26-20-36(21-27-40)45-32-44-12-3-8-19-52(44)56-35-45)57-55(58-54)42-30-24-39(25-31-42)51-33-43-11-2-5-15-48(43)49-16-6-7-17-50(49)51;1-4-20-43-34(11-1)14-9-23-45(43)38-16-7-18-40(29-38)50-31-49(37-27-25-36(26-28-37)48-33-52-32-42-13-3-6-22-47(42)48)53-51(54-50)41-19-8-17-39(30-41)46-24-10-15-35-12-2-5-21-44(35)46/h1-35H;1-33H. The smallest absolute Gasteiger partial charge is 0.160 e. The van der Waals surface area contributed by atoms with E-state index in [2.05, 4.69) is 387 Å². The Morgan fingerprint density at radius 2 is 0.509 bits per heavy atom. The van der Waals surface area contributed by atoms with E-state index in [4.69, 9.17) is 24.9 Å². The fourth-order valence-electron chi connectivity index (χ4n) is 16.0. The lowest BCUT2D eigenvalue weighted by atomic mass is 9.93.